The molecule has 7 heteroatoms. The molecule has 0 saturated carbocycles. The van der Waals surface area contributed by atoms with Gasteiger partial charge in [0.05, 0.1) is 4.90 Å². The molecule has 2 aromatic rings. The van der Waals surface area contributed by atoms with E-state index in [1.165, 1.54) is 12.1 Å². The van der Waals surface area contributed by atoms with Gasteiger partial charge in [0.25, 0.3) is 5.91 Å². The van der Waals surface area contributed by atoms with Gasteiger partial charge in [-0.15, -0.1) is 0 Å². The molecule has 3 N–H and O–H groups in total. The Morgan fingerprint density at radius 1 is 1.18 bits per heavy atom. The first-order chi connectivity index (χ1) is 10.2. The number of nitrogens with two attached hydrogens (primary N) is 1. The number of primary sulfonamides is 1. The Kier molecular flexibility index (Phi) is 4.69. The van der Waals surface area contributed by atoms with E-state index in [4.69, 9.17) is 5.14 Å². The lowest BCUT2D eigenvalue weighted by molar-refractivity contribution is 0.102. The number of anilines is 1. The van der Waals surface area contributed by atoms with Crippen molar-refractivity contribution >= 4 is 37.5 Å². The molecule has 0 heterocycles. The van der Waals surface area contributed by atoms with Crippen molar-refractivity contribution in [3.8, 4) is 0 Å². The third kappa shape index (κ3) is 3.73. The predicted molar refractivity (Wildman–Crippen MR) is 89.4 cm³/mol. The summed E-state index contributed by atoms with van der Waals surface area (Å²) in [6, 6.07) is 9.77. The van der Waals surface area contributed by atoms with E-state index in [2.05, 4.69) is 21.2 Å². The van der Waals surface area contributed by atoms with Gasteiger partial charge in [0.2, 0.25) is 10.0 Å². The van der Waals surface area contributed by atoms with Crippen LogP contribution >= 0.6 is 15.9 Å². The first-order valence-electron chi connectivity index (χ1n) is 6.39. The van der Waals surface area contributed by atoms with Gasteiger partial charge in [-0.1, -0.05) is 22.0 Å². The van der Waals surface area contributed by atoms with Crippen LogP contribution in [0.1, 0.15) is 21.5 Å². The van der Waals surface area contributed by atoms with E-state index >= 15 is 0 Å². The average Bonchev–Trinajstić information content (AvgIpc) is 2.42. The minimum atomic E-state index is -3.83. The number of rotatable bonds is 3. The minimum absolute atomic E-state index is 0.0276. The van der Waals surface area contributed by atoms with Gasteiger partial charge >= 0.3 is 0 Å². The highest BCUT2D eigenvalue weighted by Gasteiger charge is 2.15. The summed E-state index contributed by atoms with van der Waals surface area (Å²) in [5.41, 5.74) is 2.41. The fourth-order valence-electron chi connectivity index (χ4n) is 1.94. The molecule has 116 valence electrons. The zero-order valence-corrected chi connectivity index (χ0v) is 14.5. The van der Waals surface area contributed by atoms with E-state index in [0.29, 0.717) is 11.3 Å². The number of carbonyl (C=O) groups is 1. The molecule has 0 spiro atoms. The van der Waals surface area contributed by atoms with Gasteiger partial charge in [0.15, 0.2) is 0 Å². The predicted octanol–water partition coefficient (Wildman–Crippen LogP) is 2.97. The molecule has 0 aliphatic heterocycles. The van der Waals surface area contributed by atoms with Crippen LogP contribution in [0.15, 0.2) is 45.8 Å². The number of halogens is 1. The van der Waals surface area contributed by atoms with Crippen molar-refractivity contribution in [3.63, 3.8) is 0 Å². The van der Waals surface area contributed by atoms with Crippen molar-refractivity contribution in [3.05, 3.63) is 57.6 Å². The Bertz CT molecular complexity index is 848. The topological polar surface area (TPSA) is 89.3 Å². The fourth-order valence-corrected chi connectivity index (χ4v) is 2.97. The van der Waals surface area contributed by atoms with Gasteiger partial charge in [-0.3, -0.25) is 4.79 Å². The molecule has 5 nitrogen and oxygen atoms in total. The number of carbonyl (C=O) groups excluding carboxylic acids is 1. The third-order valence-corrected chi connectivity index (χ3v) is 4.69. The average molecular weight is 383 g/mol. The molecule has 0 radical (unpaired) electrons. The van der Waals surface area contributed by atoms with Crippen LogP contribution in [0, 0.1) is 13.8 Å². The maximum atomic E-state index is 12.3. The first-order valence-corrected chi connectivity index (χ1v) is 8.73. The van der Waals surface area contributed by atoms with Gasteiger partial charge in [-0.05, 0) is 55.3 Å². The molecule has 1 amide bonds. The van der Waals surface area contributed by atoms with E-state index in [0.717, 1.165) is 15.6 Å². The summed E-state index contributed by atoms with van der Waals surface area (Å²) < 4.78 is 23.8. The Hall–Kier alpha value is -1.70. The largest absolute Gasteiger partial charge is 0.322 e. The monoisotopic (exact) mass is 382 g/mol. The lowest BCUT2D eigenvalue weighted by Gasteiger charge is -2.13. The molecule has 2 aromatic carbocycles. The van der Waals surface area contributed by atoms with Crippen LogP contribution in [0.2, 0.25) is 0 Å². The smallest absolute Gasteiger partial charge is 0.255 e. The maximum absolute atomic E-state index is 12.3. The third-order valence-electron chi connectivity index (χ3n) is 3.30. The molecule has 0 fully saturated rings. The molecular formula is C15H15BrN2O3S. The quantitative estimate of drug-likeness (QED) is 0.854. The van der Waals surface area contributed by atoms with E-state index < -0.39 is 10.0 Å². The van der Waals surface area contributed by atoms with Crippen LogP contribution in [0.5, 0.6) is 0 Å². The molecular weight excluding hydrogens is 368 g/mol. The number of benzene rings is 2. The Morgan fingerprint density at radius 2 is 1.86 bits per heavy atom. The molecule has 0 saturated heterocycles. The van der Waals surface area contributed by atoms with Crippen molar-refractivity contribution in [2.45, 2.75) is 18.7 Å². The summed E-state index contributed by atoms with van der Waals surface area (Å²) in [6.07, 6.45) is 0. The Labute approximate surface area is 137 Å². The molecule has 22 heavy (non-hydrogen) atoms. The number of nitrogens with one attached hydrogen (secondary N) is 1. The summed E-state index contributed by atoms with van der Waals surface area (Å²) in [5.74, 6) is -0.324. The van der Waals surface area contributed by atoms with Gasteiger partial charge in [-0.2, -0.15) is 0 Å². The number of amides is 1. The fraction of sp³-hybridized carbons (Fsp3) is 0.133. The summed E-state index contributed by atoms with van der Waals surface area (Å²) in [5, 5.41) is 7.89. The summed E-state index contributed by atoms with van der Waals surface area (Å²) in [7, 11) is -3.83. The highest BCUT2D eigenvalue weighted by molar-refractivity contribution is 9.10. The Balaban J connectivity index is 2.41. The second kappa shape index (κ2) is 6.20. The lowest BCUT2D eigenvalue weighted by Crippen LogP contribution is -2.16. The molecule has 0 bridgehead atoms. The number of aryl methyl sites for hydroxylation is 1. The summed E-state index contributed by atoms with van der Waals surface area (Å²) >= 11 is 3.30. The van der Waals surface area contributed by atoms with Gasteiger partial charge in [0.1, 0.15) is 0 Å². The first kappa shape index (κ1) is 16.7. The molecule has 0 unspecified atom stereocenters. The second-order valence-electron chi connectivity index (χ2n) is 4.92. The molecule has 0 aliphatic carbocycles. The maximum Gasteiger partial charge on any atom is 0.255 e. The molecule has 0 aromatic heterocycles. The number of hydrogen-bond donors (Lipinski definition) is 2. The summed E-state index contributed by atoms with van der Waals surface area (Å²) in [4.78, 5) is 12.3. The zero-order chi connectivity index (χ0) is 16.5. The van der Waals surface area contributed by atoms with Crippen LogP contribution in [-0.2, 0) is 10.0 Å². The molecule has 0 atom stereocenters. The summed E-state index contributed by atoms with van der Waals surface area (Å²) in [6.45, 7) is 3.57. The number of sulfonamides is 1. The van der Waals surface area contributed by atoms with Crippen molar-refractivity contribution in [1.82, 2.24) is 0 Å². The zero-order valence-electron chi connectivity index (χ0n) is 12.1. The number of hydrogen-bond acceptors (Lipinski definition) is 3. The van der Waals surface area contributed by atoms with Crippen molar-refractivity contribution in [1.29, 1.82) is 0 Å². The van der Waals surface area contributed by atoms with Crippen LogP contribution in [-0.4, -0.2) is 14.3 Å². The molecule has 2 rings (SSSR count). The Morgan fingerprint density at radius 3 is 2.45 bits per heavy atom. The normalized spacial score (nSPS) is 11.3. The van der Waals surface area contributed by atoms with Crippen molar-refractivity contribution in [2.24, 2.45) is 5.14 Å². The van der Waals surface area contributed by atoms with E-state index in [1.807, 2.05) is 6.07 Å². The lowest BCUT2D eigenvalue weighted by atomic mass is 10.1. The van der Waals surface area contributed by atoms with E-state index in [1.54, 1.807) is 32.0 Å². The SMILES string of the molecule is Cc1cc(S(N)(=O)=O)cc(NC(=O)c2cccc(Br)c2)c1C. The second-order valence-corrected chi connectivity index (χ2v) is 7.40. The van der Waals surface area contributed by atoms with Crippen LogP contribution in [0.3, 0.4) is 0 Å². The van der Waals surface area contributed by atoms with Crippen LogP contribution in [0.25, 0.3) is 0 Å². The van der Waals surface area contributed by atoms with Crippen molar-refractivity contribution < 1.29 is 13.2 Å². The highest BCUT2D eigenvalue weighted by atomic mass is 79.9. The van der Waals surface area contributed by atoms with Gasteiger partial charge < -0.3 is 5.32 Å². The highest BCUT2D eigenvalue weighted by Crippen LogP contribution is 2.24. The van der Waals surface area contributed by atoms with E-state index in [-0.39, 0.29) is 10.8 Å². The van der Waals surface area contributed by atoms with Crippen LogP contribution in [0.4, 0.5) is 5.69 Å². The van der Waals surface area contributed by atoms with Gasteiger partial charge in [-0.25, -0.2) is 13.6 Å². The van der Waals surface area contributed by atoms with Crippen LogP contribution < -0.4 is 10.5 Å². The van der Waals surface area contributed by atoms with E-state index in [9.17, 15) is 13.2 Å². The van der Waals surface area contributed by atoms with Crippen molar-refractivity contribution in [2.75, 3.05) is 5.32 Å². The van der Waals surface area contributed by atoms with Gasteiger partial charge in [0, 0.05) is 15.7 Å². The minimum Gasteiger partial charge on any atom is -0.322 e. The standard InChI is InChI=1S/C15H15BrN2O3S/c1-9-6-13(22(17,20)21)8-14(10(9)2)18-15(19)11-4-3-5-12(16)7-11/h3-8H,1-2H3,(H,18,19)(H2,17,20,21). The molecule has 0 aliphatic rings.